The van der Waals surface area contributed by atoms with E-state index in [1.54, 1.807) is 81.8 Å². The van der Waals surface area contributed by atoms with Crippen molar-refractivity contribution in [2.24, 2.45) is 15.3 Å². The summed E-state index contributed by atoms with van der Waals surface area (Å²) < 4.78 is 13.4. The quantitative estimate of drug-likeness (QED) is 0.0722. The van der Waals surface area contributed by atoms with Crippen LogP contribution in [-0.4, -0.2) is 54.7 Å². The average Bonchev–Trinajstić information content (AvgIpc) is 3.28. The number of hydrogen-bond acceptors (Lipinski definition) is 11. The number of hydrazone groups is 3. The number of halogens is 1. The van der Waals surface area contributed by atoms with E-state index >= 15 is 0 Å². The van der Waals surface area contributed by atoms with Crippen LogP contribution < -0.4 is 16.3 Å². The predicted molar refractivity (Wildman–Crippen MR) is 224 cm³/mol. The maximum absolute atomic E-state index is 13.4. The first-order valence-electron chi connectivity index (χ1n) is 17.4. The summed E-state index contributed by atoms with van der Waals surface area (Å²) >= 11 is 0. The monoisotopic (exact) mass is 796 g/mol. The molecule has 0 spiro atoms. The molecule has 0 radical (unpaired) electrons. The van der Waals surface area contributed by atoms with Crippen LogP contribution in [-0.2, 0) is 0 Å². The highest BCUT2D eigenvalue weighted by Crippen LogP contribution is 2.13. The Morgan fingerprint density at radius 2 is 0.949 bits per heavy atom. The third-order valence-corrected chi connectivity index (χ3v) is 7.56. The smallest absolute Gasteiger partial charge is 0.267 e. The van der Waals surface area contributed by atoms with E-state index < -0.39 is 22.6 Å². The van der Waals surface area contributed by atoms with Gasteiger partial charge in [0.2, 0.25) is 0 Å². The van der Waals surface area contributed by atoms with E-state index in [1.165, 1.54) is 42.5 Å². The number of carbonyl (C=O) groups excluding carboxylic acids is 3. The van der Waals surface area contributed by atoms with Gasteiger partial charge in [-0.1, -0.05) is 62.0 Å². The molecule has 6 aromatic rings. The van der Waals surface area contributed by atoms with Crippen molar-refractivity contribution in [3.63, 3.8) is 0 Å². The van der Waals surface area contributed by atoms with Crippen LogP contribution in [0.5, 0.6) is 0 Å². The van der Waals surface area contributed by atoms with E-state index in [-0.39, 0.29) is 30.1 Å². The SMILES string of the molecule is C.C/C(=N/NC(=O)c1ccccc1)c1ccccn1.C/C(=N\NC(=O)c1cccc([N+](=O)[O-])c1)c1ccccn1.C/C(=N\NC(=O)c1ccccc1F)c1ccccn1. The molecule has 0 aliphatic rings. The first-order valence-corrected chi connectivity index (χ1v) is 17.4. The zero-order chi connectivity index (χ0) is 41.7. The molecule has 0 unspecified atom stereocenters. The number of non-ortho nitro benzene ring substituents is 1. The van der Waals surface area contributed by atoms with Gasteiger partial charge in [-0.15, -0.1) is 0 Å². The minimum atomic E-state index is -0.589. The van der Waals surface area contributed by atoms with Crippen molar-refractivity contribution in [1.29, 1.82) is 0 Å². The van der Waals surface area contributed by atoms with Crippen LogP contribution in [0, 0.1) is 15.9 Å². The van der Waals surface area contributed by atoms with Gasteiger partial charge >= 0.3 is 0 Å². The Labute approximate surface area is 340 Å². The van der Waals surface area contributed by atoms with E-state index in [1.807, 2.05) is 48.5 Å². The lowest BCUT2D eigenvalue weighted by molar-refractivity contribution is -0.384. The number of rotatable bonds is 10. The molecule has 0 fully saturated rings. The summed E-state index contributed by atoms with van der Waals surface area (Å²) in [6.45, 7) is 5.22. The summed E-state index contributed by atoms with van der Waals surface area (Å²) in [5.74, 6) is -1.92. The fourth-order valence-electron chi connectivity index (χ4n) is 4.49. The third-order valence-electron chi connectivity index (χ3n) is 7.56. The highest BCUT2D eigenvalue weighted by molar-refractivity contribution is 6.01. The van der Waals surface area contributed by atoms with Gasteiger partial charge in [0.25, 0.3) is 23.4 Å². The van der Waals surface area contributed by atoms with Crippen LogP contribution in [0.15, 0.2) is 167 Å². The molecule has 3 heterocycles. The Kier molecular flexibility index (Phi) is 18.2. The van der Waals surface area contributed by atoms with Crippen LogP contribution in [0.25, 0.3) is 0 Å². The molecule has 3 aromatic carbocycles. The van der Waals surface area contributed by atoms with Crippen molar-refractivity contribution in [1.82, 2.24) is 31.2 Å². The molecule has 6 rings (SSSR count). The standard InChI is InChI=1S/C14H12FN3O.C14H12N4O3.C14H13N3O.CH4/c1-10(13-8-4-5-9-16-13)17-18-14(19)11-6-2-3-7-12(11)15;1-10(13-7-2-3-8-15-13)16-17-14(19)11-5-4-6-12(9-11)18(20)21;1-11(13-9-5-6-10-15-13)16-17-14(18)12-7-3-2-4-8-12;/h2-9H,1H3,(H,18,19);2-9H,1H3,(H,17,19);2-10H,1H3,(H,17,18);1H4/b17-10+;16-10+;16-11-;. The first kappa shape index (κ1) is 45.3. The molecule has 3 N–H and O–H groups in total. The Morgan fingerprint density at radius 3 is 1.39 bits per heavy atom. The van der Waals surface area contributed by atoms with Crippen molar-refractivity contribution in [3.05, 3.63) is 202 Å². The molecule has 16 heteroatoms. The maximum Gasteiger partial charge on any atom is 0.274 e. The average molecular weight is 797 g/mol. The van der Waals surface area contributed by atoms with Crippen molar-refractivity contribution in [3.8, 4) is 0 Å². The van der Waals surface area contributed by atoms with Crippen LogP contribution in [0.1, 0.15) is 76.4 Å². The van der Waals surface area contributed by atoms with E-state index in [4.69, 9.17) is 0 Å². The van der Waals surface area contributed by atoms with E-state index in [0.717, 1.165) is 5.69 Å². The molecule has 0 atom stereocenters. The van der Waals surface area contributed by atoms with E-state index in [0.29, 0.717) is 34.1 Å². The number of carbonyl (C=O) groups is 3. The maximum atomic E-state index is 13.4. The molecule has 0 bridgehead atoms. The van der Waals surface area contributed by atoms with Gasteiger partial charge < -0.3 is 0 Å². The largest absolute Gasteiger partial charge is 0.274 e. The third kappa shape index (κ3) is 14.8. The zero-order valence-corrected chi connectivity index (χ0v) is 31.5. The molecular formula is C43H41FN10O5. The second-order valence-electron chi connectivity index (χ2n) is 11.7. The molecule has 15 nitrogen and oxygen atoms in total. The molecule has 3 amide bonds. The summed E-state index contributed by atoms with van der Waals surface area (Å²) in [5, 5.41) is 22.5. The van der Waals surface area contributed by atoms with Crippen LogP contribution in [0.4, 0.5) is 10.1 Å². The second-order valence-corrected chi connectivity index (χ2v) is 11.7. The lowest BCUT2D eigenvalue weighted by atomic mass is 10.2. The molecule has 3 aromatic heterocycles. The van der Waals surface area contributed by atoms with Crippen LogP contribution in [0.2, 0.25) is 0 Å². The van der Waals surface area contributed by atoms with Gasteiger partial charge in [0.1, 0.15) is 5.82 Å². The normalized spacial score (nSPS) is 10.9. The number of aromatic nitrogens is 3. The summed E-state index contributed by atoms with van der Waals surface area (Å²) in [4.78, 5) is 57.8. The Balaban J connectivity index is 0.000000235. The van der Waals surface area contributed by atoms with E-state index in [2.05, 4.69) is 46.5 Å². The molecule has 0 aliphatic carbocycles. The molecule has 59 heavy (non-hydrogen) atoms. The Bertz CT molecular complexity index is 2400. The molecule has 300 valence electrons. The molecule has 0 saturated heterocycles. The van der Waals surface area contributed by atoms with E-state index in [9.17, 15) is 28.9 Å². The fourth-order valence-corrected chi connectivity index (χ4v) is 4.49. The van der Waals surface area contributed by atoms with Crippen LogP contribution >= 0.6 is 0 Å². The zero-order valence-electron chi connectivity index (χ0n) is 31.5. The first-order chi connectivity index (χ1) is 28.0. The summed E-state index contributed by atoms with van der Waals surface area (Å²) in [7, 11) is 0. The van der Waals surface area contributed by atoms with Crippen molar-refractivity contribution in [2.45, 2.75) is 28.2 Å². The van der Waals surface area contributed by atoms with Crippen molar-refractivity contribution < 1.29 is 23.7 Å². The molecule has 0 saturated carbocycles. The number of nitrogens with zero attached hydrogens (tertiary/aromatic N) is 7. The fraction of sp³-hybridized carbons (Fsp3) is 0.0930. The van der Waals surface area contributed by atoms with Crippen LogP contribution in [0.3, 0.4) is 0 Å². The topological polar surface area (TPSA) is 206 Å². The van der Waals surface area contributed by atoms with Gasteiger partial charge in [0.05, 0.1) is 44.7 Å². The van der Waals surface area contributed by atoms with Gasteiger partial charge in [-0.2, -0.15) is 15.3 Å². The number of nitro benzene ring substituents is 1. The van der Waals surface area contributed by atoms with Crippen molar-refractivity contribution >= 4 is 40.5 Å². The van der Waals surface area contributed by atoms with Crippen molar-refractivity contribution in [2.75, 3.05) is 0 Å². The number of benzene rings is 3. The summed E-state index contributed by atoms with van der Waals surface area (Å²) in [5.41, 5.74) is 11.5. The predicted octanol–water partition coefficient (Wildman–Crippen LogP) is 7.39. The van der Waals surface area contributed by atoms with Gasteiger partial charge in [0.15, 0.2) is 0 Å². The lowest BCUT2D eigenvalue weighted by Crippen LogP contribution is -2.20. The summed E-state index contributed by atoms with van der Waals surface area (Å²) in [6.07, 6.45) is 4.94. The van der Waals surface area contributed by atoms with Gasteiger partial charge in [-0.05, 0) is 87.5 Å². The number of nitro groups is 1. The molecular weight excluding hydrogens is 756 g/mol. The number of amides is 3. The Hall–Kier alpha value is -8.14. The van der Waals surface area contributed by atoms with Gasteiger partial charge in [-0.3, -0.25) is 39.4 Å². The summed E-state index contributed by atoms with van der Waals surface area (Å²) in [6, 6.07) is 36.4. The van der Waals surface area contributed by atoms with Gasteiger partial charge in [0, 0.05) is 41.9 Å². The minimum absolute atomic E-state index is 0. The second kappa shape index (κ2) is 23.7. The lowest BCUT2D eigenvalue weighted by Gasteiger charge is -2.03. The number of nitrogens with one attached hydrogen (secondary N) is 3. The Morgan fingerprint density at radius 1 is 0.542 bits per heavy atom. The number of hydrogen-bond donors (Lipinski definition) is 3. The highest BCUT2D eigenvalue weighted by Gasteiger charge is 2.12. The minimum Gasteiger partial charge on any atom is -0.267 e. The molecule has 0 aliphatic heterocycles. The number of pyridine rings is 3. The van der Waals surface area contributed by atoms with Gasteiger partial charge in [-0.25, -0.2) is 20.7 Å². The highest BCUT2D eigenvalue weighted by atomic mass is 19.1.